The van der Waals surface area contributed by atoms with Gasteiger partial charge in [0.1, 0.15) is 6.10 Å². The van der Waals surface area contributed by atoms with E-state index in [0.29, 0.717) is 12.8 Å². The van der Waals surface area contributed by atoms with Gasteiger partial charge < -0.3 is 9.84 Å². The molecule has 4 nitrogen and oxygen atoms in total. The summed E-state index contributed by atoms with van der Waals surface area (Å²) in [5, 5.41) is 9.19. The molecule has 0 saturated heterocycles. The fraction of sp³-hybridized carbons (Fsp3) is 0.939. The summed E-state index contributed by atoms with van der Waals surface area (Å²) in [6, 6.07) is 0. The number of carbonyl (C=O) groups excluding carboxylic acids is 1. The van der Waals surface area contributed by atoms with Gasteiger partial charge in [0.15, 0.2) is 0 Å². The fourth-order valence-corrected chi connectivity index (χ4v) is 5.14. The van der Waals surface area contributed by atoms with Gasteiger partial charge in [-0.05, 0) is 19.3 Å². The van der Waals surface area contributed by atoms with Crippen molar-refractivity contribution < 1.29 is 19.4 Å². The van der Waals surface area contributed by atoms with E-state index in [-0.39, 0.29) is 12.4 Å². The van der Waals surface area contributed by atoms with Crippen molar-refractivity contribution in [2.24, 2.45) is 0 Å². The van der Waals surface area contributed by atoms with Gasteiger partial charge in [0.25, 0.3) is 0 Å². The third-order valence-corrected chi connectivity index (χ3v) is 7.56. The first-order valence-electron chi connectivity index (χ1n) is 16.5. The Hall–Kier alpha value is -1.06. The van der Waals surface area contributed by atoms with E-state index < -0.39 is 12.1 Å². The average molecular weight is 525 g/mol. The second kappa shape index (κ2) is 29.5. The highest BCUT2D eigenvalue weighted by Gasteiger charge is 2.17. The molecule has 0 radical (unpaired) electrons. The summed E-state index contributed by atoms with van der Waals surface area (Å²) in [6.45, 7) is 4.52. The first-order valence-corrected chi connectivity index (χ1v) is 16.5. The van der Waals surface area contributed by atoms with Gasteiger partial charge in [-0.2, -0.15) is 0 Å². The molecule has 37 heavy (non-hydrogen) atoms. The second-order valence-corrected chi connectivity index (χ2v) is 11.4. The van der Waals surface area contributed by atoms with Crippen LogP contribution in [0.5, 0.6) is 0 Å². The molecule has 0 aromatic rings. The van der Waals surface area contributed by atoms with Gasteiger partial charge in [0, 0.05) is 6.42 Å². The number of hydrogen-bond donors (Lipinski definition) is 1. The van der Waals surface area contributed by atoms with Crippen LogP contribution in [0, 0.1) is 0 Å². The van der Waals surface area contributed by atoms with Gasteiger partial charge in [0.2, 0.25) is 0 Å². The molecular formula is C33H64O4. The van der Waals surface area contributed by atoms with E-state index in [1.165, 1.54) is 135 Å². The number of aliphatic carboxylic acids is 1. The molecule has 0 fully saturated rings. The molecule has 0 spiro atoms. The Morgan fingerprint density at radius 3 is 1.19 bits per heavy atom. The summed E-state index contributed by atoms with van der Waals surface area (Å²) in [7, 11) is 0. The molecule has 1 atom stereocenters. The van der Waals surface area contributed by atoms with Crippen LogP contribution in [0.2, 0.25) is 0 Å². The van der Waals surface area contributed by atoms with Gasteiger partial charge >= 0.3 is 11.9 Å². The molecule has 0 rings (SSSR count). The van der Waals surface area contributed by atoms with Crippen molar-refractivity contribution in [3.8, 4) is 0 Å². The summed E-state index contributed by atoms with van der Waals surface area (Å²) in [5.41, 5.74) is 0. The largest absolute Gasteiger partial charge is 0.481 e. The molecule has 1 unspecified atom stereocenters. The number of esters is 1. The van der Waals surface area contributed by atoms with Crippen molar-refractivity contribution in [3.05, 3.63) is 0 Å². The van der Waals surface area contributed by atoms with E-state index in [0.717, 1.165) is 25.7 Å². The molecule has 0 aliphatic heterocycles. The molecule has 0 bridgehead atoms. The Balaban J connectivity index is 3.64. The minimum atomic E-state index is -0.877. The highest BCUT2D eigenvalue weighted by atomic mass is 16.5. The number of ether oxygens (including phenoxy) is 1. The lowest BCUT2D eigenvalue weighted by molar-refractivity contribution is -0.153. The van der Waals surface area contributed by atoms with Crippen LogP contribution in [0.1, 0.15) is 194 Å². The van der Waals surface area contributed by atoms with Crippen molar-refractivity contribution in [2.45, 2.75) is 200 Å². The predicted molar refractivity (Wildman–Crippen MR) is 158 cm³/mol. The topological polar surface area (TPSA) is 63.6 Å². The molecule has 0 heterocycles. The van der Waals surface area contributed by atoms with Gasteiger partial charge in [-0.25, -0.2) is 0 Å². The van der Waals surface area contributed by atoms with Crippen molar-refractivity contribution in [1.29, 1.82) is 0 Å². The van der Waals surface area contributed by atoms with Crippen LogP contribution in [0.4, 0.5) is 0 Å². The standard InChI is InChI=1S/C33H64O4/c1-3-5-7-9-11-13-15-16-17-19-21-23-25-27-29-33(36)37-31(30-32(34)35)28-26-24-22-20-18-14-12-10-8-6-4-2/h31H,3-30H2,1-2H3,(H,34,35). The Kier molecular flexibility index (Phi) is 28.7. The van der Waals surface area contributed by atoms with E-state index in [1.807, 2.05) is 0 Å². The van der Waals surface area contributed by atoms with Crippen molar-refractivity contribution in [3.63, 3.8) is 0 Å². The Morgan fingerprint density at radius 1 is 0.514 bits per heavy atom. The van der Waals surface area contributed by atoms with Gasteiger partial charge in [-0.1, -0.05) is 162 Å². The fourth-order valence-electron chi connectivity index (χ4n) is 5.14. The van der Waals surface area contributed by atoms with Crippen molar-refractivity contribution in [1.82, 2.24) is 0 Å². The maximum Gasteiger partial charge on any atom is 0.307 e. The maximum atomic E-state index is 12.2. The first-order chi connectivity index (χ1) is 18.1. The third-order valence-electron chi connectivity index (χ3n) is 7.56. The minimum absolute atomic E-state index is 0.0672. The number of carbonyl (C=O) groups is 2. The molecular weight excluding hydrogens is 460 g/mol. The predicted octanol–water partition coefficient (Wildman–Crippen LogP) is 10.9. The zero-order valence-corrected chi connectivity index (χ0v) is 25.0. The first kappa shape index (κ1) is 35.9. The van der Waals surface area contributed by atoms with E-state index in [9.17, 15) is 14.7 Å². The zero-order chi connectivity index (χ0) is 27.2. The van der Waals surface area contributed by atoms with E-state index in [1.54, 1.807) is 0 Å². The lowest BCUT2D eigenvalue weighted by Crippen LogP contribution is -2.21. The molecule has 0 saturated carbocycles. The van der Waals surface area contributed by atoms with Gasteiger partial charge in [0.05, 0.1) is 6.42 Å². The van der Waals surface area contributed by atoms with Gasteiger partial charge in [-0.15, -0.1) is 0 Å². The van der Waals surface area contributed by atoms with Crippen LogP contribution in [0.25, 0.3) is 0 Å². The second-order valence-electron chi connectivity index (χ2n) is 11.4. The number of carboxylic acid groups (broad SMARTS) is 1. The molecule has 0 aromatic heterocycles. The van der Waals surface area contributed by atoms with Crippen LogP contribution in [0.3, 0.4) is 0 Å². The number of carboxylic acids is 1. The number of rotatable bonds is 30. The highest BCUT2D eigenvalue weighted by molar-refractivity contribution is 5.71. The molecule has 4 heteroatoms. The monoisotopic (exact) mass is 524 g/mol. The summed E-state index contributed by atoms with van der Waals surface area (Å²) in [4.78, 5) is 23.4. The SMILES string of the molecule is CCCCCCCCCCCCCCCCC(=O)OC(CCCCCCCCCCCCC)CC(=O)O. The Morgan fingerprint density at radius 2 is 0.838 bits per heavy atom. The Bertz CT molecular complexity index is 491. The summed E-state index contributed by atoms with van der Waals surface area (Å²) >= 11 is 0. The zero-order valence-electron chi connectivity index (χ0n) is 25.0. The normalized spacial score (nSPS) is 12.1. The summed E-state index contributed by atoms with van der Waals surface area (Å²) in [6.07, 6.45) is 32.6. The van der Waals surface area contributed by atoms with Crippen molar-refractivity contribution >= 4 is 11.9 Å². The van der Waals surface area contributed by atoms with E-state index in [4.69, 9.17) is 4.74 Å². The highest BCUT2D eigenvalue weighted by Crippen LogP contribution is 2.17. The minimum Gasteiger partial charge on any atom is -0.481 e. The summed E-state index contributed by atoms with van der Waals surface area (Å²) < 4.78 is 5.55. The van der Waals surface area contributed by atoms with Crippen LogP contribution in [0.15, 0.2) is 0 Å². The molecule has 1 N–H and O–H groups in total. The smallest absolute Gasteiger partial charge is 0.307 e. The molecule has 0 aromatic carbocycles. The molecule has 0 amide bonds. The molecule has 0 aliphatic carbocycles. The quantitative estimate of drug-likeness (QED) is 0.0749. The lowest BCUT2D eigenvalue weighted by Gasteiger charge is -2.16. The van der Waals surface area contributed by atoms with Crippen LogP contribution in [-0.4, -0.2) is 23.1 Å². The maximum absolute atomic E-state index is 12.2. The van der Waals surface area contributed by atoms with Crippen LogP contribution in [-0.2, 0) is 14.3 Å². The van der Waals surface area contributed by atoms with E-state index in [2.05, 4.69) is 13.8 Å². The van der Waals surface area contributed by atoms with Gasteiger partial charge in [-0.3, -0.25) is 9.59 Å². The summed E-state index contributed by atoms with van der Waals surface area (Å²) in [5.74, 6) is -1.09. The van der Waals surface area contributed by atoms with Crippen LogP contribution >= 0.6 is 0 Å². The van der Waals surface area contributed by atoms with E-state index >= 15 is 0 Å². The number of unbranched alkanes of at least 4 members (excludes halogenated alkanes) is 23. The Labute approximate surface area is 231 Å². The molecule has 220 valence electrons. The average Bonchev–Trinajstić information content (AvgIpc) is 2.87. The van der Waals surface area contributed by atoms with Crippen molar-refractivity contribution in [2.75, 3.05) is 0 Å². The third kappa shape index (κ3) is 29.4. The van der Waals surface area contributed by atoms with Crippen LogP contribution < -0.4 is 0 Å². The number of hydrogen-bond acceptors (Lipinski definition) is 3. The molecule has 0 aliphatic rings. The lowest BCUT2D eigenvalue weighted by atomic mass is 10.0.